The van der Waals surface area contributed by atoms with Crippen molar-refractivity contribution < 1.29 is 23.8 Å². The van der Waals surface area contributed by atoms with E-state index in [1.165, 1.54) is 28.3 Å². The van der Waals surface area contributed by atoms with E-state index in [2.05, 4.69) is 20.5 Å². The van der Waals surface area contributed by atoms with Crippen molar-refractivity contribution in [3.8, 4) is 0 Å². The lowest BCUT2D eigenvalue weighted by atomic mass is 9.86. The number of aromatic nitrogens is 5. The largest absolute Gasteiger partial charge is 0.465 e. The number of aliphatic hydroxyl groups is 1. The summed E-state index contributed by atoms with van der Waals surface area (Å²) in [4.78, 5) is 16.5. The summed E-state index contributed by atoms with van der Waals surface area (Å²) in [6.45, 7) is 2.55. The summed E-state index contributed by atoms with van der Waals surface area (Å²) in [6, 6.07) is 8.16. The molecule has 10 nitrogen and oxygen atoms in total. The molecule has 2 atom stereocenters. The van der Waals surface area contributed by atoms with Crippen molar-refractivity contribution in [2.24, 2.45) is 0 Å². The highest BCUT2D eigenvalue weighted by Crippen LogP contribution is 2.38. The highest BCUT2D eigenvalue weighted by molar-refractivity contribution is 5.82. The van der Waals surface area contributed by atoms with Crippen molar-refractivity contribution in [3.63, 3.8) is 0 Å². The summed E-state index contributed by atoms with van der Waals surface area (Å²) in [5, 5.41) is 33.8. The van der Waals surface area contributed by atoms with E-state index in [0.717, 1.165) is 28.7 Å². The highest BCUT2D eigenvalue weighted by atomic mass is 19.1. The SMILES string of the molecule is C[C@@H](n1ncc2cc(NC3CCN(C(=O)O)CC3)ccc21)[C@](O)(Cn1cncn1)c1ccc(F)cc1F. The number of carboxylic acid groups (broad SMARTS) is 1. The molecule has 1 saturated heterocycles. The van der Waals surface area contributed by atoms with Gasteiger partial charge >= 0.3 is 6.09 Å². The molecule has 1 aliphatic rings. The number of hydrogen-bond donors (Lipinski definition) is 3. The fraction of sp³-hybridized carbons (Fsp3) is 0.360. The Bertz CT molecular complexity index is 1400. The first kappa shape index (κ1) is 24.6. The third-order valence-electron chi connectivity index (χ3n) is 7.06. The van der Waals surface area contributed by atoms with Crippen LogP contribution in [0.5, 0.6) is 0 Å². The molecule has 5 rings (SSSR count). The van der Waals surface area contributed by atoms with Crippen molar-refractivity contribution in [1.29, 1.82) is 0 Å². The zero-order valence-electron chi connectivity index (χ0n) is 20.1. The number of benzene rings is 2. The first-order chi connectivity index (χ1) is 17.7. The molecular formula is C25H27F2N7O3. The van der Waals surface area contributed by atoms with Crippen LogP contribution in [-0.4, -0.2) is 64.9 Å². The molecule has 194 valence electrons. The molecule has 3 N–H and O–H groups in total. The smallest absolute Gasteiger partial charge is 0.407 e. The molecule has 0 saturated carbocycles. The quantitative estimate of drug-likeness (QED) is 0.347. The predicted molar refractivity (Wildman–Crippen MR) is 131 cm³/mol. The Hall–Kier alpha value is -4.06. The van der Waals surface area contributed by atoms with Gasteiger partial charge < -0.3 is 20.4 Å². The Kier molecular flexibility index (Phi) is 6.50. The fourth-order valence-corrected chi connectivity index (χ4v) is 4.95. The summed E-state index contributed by atoms with van der Waals surface area (Å²) in [7, 11) is 0. The number of nitrogens with one attached hydrogen (secondary N) is 1. The summed E-state index contributed by atoms with van der Waals surface area (Å²) in [5.74, 6) is -1.61. The first-order valence-corrected chi connectivity index (χ1v) is 12.0. The zero-order chi connectivity index (χ0) is 26.2. The van der Waals surface area contributed by atoms with E-state index in [0.29, 0.717) is 25.9 Å². The number of amides is 1. The van der Waals surface area contributed by atoms with Crippen molar-refractivity contribution in [2.75, 3.05) is 18.4 Å². The van der Waals surface area contributed by atoms with Gasteiger partial charge in [0.25, 0.3) is 0 Å². The minimum absolute atomic E-state index is 0.0773. The molecule has 0 radical (unpaired) electrons. The van der Waals surface area contributed by atoms with Gasteiger partial charge in [-0.25, -0.2) is 23.2 Å². The monoisotopic (exact) mass is 511 g/mol. The molecule has 12 heteroatoms. The number of carbonyl (C=O) groups is 1. The lowest BCUT2D eigenvalue weighted by Gasteiger charge is -2.35. The van der Waals surface area contributed by atoms with E-state index < -0.39 is 29.4 Å². The predicted octanol–water partition coefficient (Wildman–Crippen LogP) is 3.61. The van der Waals surface area contributed by atoms with E-state index in [9.17, 15) is 18.7 Å². The molecule has 0 aliphatic carbocycles. The molecule has 1 fully saturated rings. The number of piperidine rings is 1. The first-order valence-electron chi connectivity index (χ1n) is 12.0. The minimum atomic E-state index is -1.83. The van der Waals surface area contributed by atoms with Crippen LogP contribution >= 0.6 is 0 Å². The van der Waals surface area contributed by atoms with Gasteiger partial charge in [-0.2, -0.15) is 10.2 Å². The van der Waals surface area contributed by atoms with Crippen molar-refractivity contribution in [2.45, 2.75) is 44.0 Å². The van der Waals surface area contributed by atoms with E-state index in [1.807, 2.05) is 18.2 Å². The van der Waals surface area contributed by atoms with Crippen LogP contribution in [-0.2, 0) is 12.1 Å². The molecule has 3 heterocycles. The Morgan fingerprint density at radius 1 is 1.19 bits per heavy atom. The maximum Gasteiger partial charge on any atom is 0.407 e. The summed E-state index contributed by atoms with van der Waals surface area (Å²) >= 11 is 0. The van der Waals surface area contributed by atoms with Crippen molar-refractivity contribution >= 4 is 22.7 Å². The Morgan fingerprint density at radius 3 is 2.65 bits per heavy atom. The molecule has 0 spiro atoms. The van der Waals surface area contributed by atoms with E-state index in [-0.39, 0.29) is 18.2 Å². The molecule has 2 aromatic carbocycles. The summed E-state index contributed by atoms with van der Waals surface area (Å²) in [5.41, 5.74) is -0.319. The second-order valence-corrected chi connectivity index (χ2v) is 9.37. The maximum atomic E-state index is 14.9. The van der Waals surface area contributed by atoms with Gasteiger partial charge in [-0.15, -0.1) is 0 Å². The number of hydrogen-bond acceptors (Lipinski definition) is 6. The summed E-state index contributed by atoms with van der Waals surface area (Å²) < 4.78 is 31.6. The van der Waals surface area contributed by atoms with Gasteiger partial charge in [0.1, 0.15) is 29.9 Å². The lowest BCUT2D eigenvalue weighted by molar-refractivity contribution is -0.0354. The highest BCUT2D eigenvalue weighted by Gasteiger charge is 2.41. The van der Waals surface area contributed by atoms with Gasteiger partial charge in [-0.1, -0.05) is 6.07 Å². The number of nitrogens with zero attached hydrogens (tertiary/aromatic N) is 6. The molecule has 0 unspecified atom stereocenters. The Morgan fingerprint density at radius 2 is 1.97 bits per heavy atom. The Balaban J connectivity index is 1.43. The molecule has 2 aromatic heterocycles. The van der Waals surface area contributed by atoms with Gasteiger partial charge in [-0.3, -0.25) is 4.68 Å². The maximum absolute atomic E-state index is 14.9. The normalized spacial score (nSPS) is 17.0. The van der Waals surface area contributed by atoms with Crippen LogP contribution in [0.15, 0.2) is 55.2 Å². The van der Waals surface area contributed by atoms with Gasteiger partial charge in [0, 0.05) is 41.8 Å². The lowest BCUT2D eigenvalue weighted by Crippen LogP contribution is -2.41. The number of fused-ring (bicyclic) bond motifs is 1. The van der Waals surface area contributed by atoms with Crippen LogP contribution in [0.3, 0.4) is 0 Å². The van der Waals surface area contributed by atoms with Crippen molar-refractivity contribution in [3.05, 3.63) is 72.4 Å². The van der Waals surface area contributed by atoms with Gasteiger partial charge in [0.05, 0.1) is 24.3 Å². The van der Waals surface area contributed by atoms with Crippen molar-refractivity contribution in [1.82, 2.24) is 29.4 Å². The molecule has 1 aliphatic heterocycles. The number of halogens is 2. The standard InChI is InChI=1S/C25H27F2N7O3/c1-16(25(37,13-33-15-28-14-30-33)21-4-2-18(26)11-22(21)27)34-23-5-3-20(10-17(23)12-29-34)31-19-6-8-32(9-7-19)24(35)36/h2-5,10-12,14-16,19,31,37H,6-9,13H2,1H3,(H,35,36)/t16-,25-/m1/s1. The van der Waals surface area contributed by atoms with Gasteiger partial charge in [0.15, 0.2) is 0 Å². The molecular weight excluding hydrogens is 484 g/mol. The van der Waals surface area contributed by atoms with Crippen LogP contribution in [0.25, 0.3) is 10.9 Å². The zero-order valence-corrected chi connectivity index (χ0v) is 20.1. The fourth-order valence-electron chi connectivity index (χ4n) is 4.95. The molecule has 37 heavy (non-hydrogen) atoms. The number of rotatable bonds is 7. The molecule has 0 bridgehead atoms. The topological polar surface area (TPSA) is 121 Å². The van der Waals surface area contributed by atoms with Crippen LogP contribution in [0, 0.1) is 11.6 Å². The Labute approximate surface area is 211 Å². The average Bonchev–Trinajstić information content (AvgIpc) is 3.53. The third kappa shape index (κ3) is 4.84. The third-order valence-corrected chi connectivity index (χ3v) is 7.06. The van der Waals surface area contributed by atoms with Crippen LogP contribution in [0.2, 0.25) is 0 Å². The van der Waals surface area contributed by atoms with Crippen LogP contribution in [0.4, 0.5) is 19.3 Å². The van der Waals surface area contributed by atoms with Crippen LogP contribution < -0.4 is 5.32 Å². The van der Waals surface area contributed by atoms with Gasteiger partial charge in [-0.05, 0) is 44.0 Å². The second-order valence-electron chi connectivity index (χ2n) is 9.37. The summed E-state index contributed by atoms with van der Waals surface area (Å²) in [6.07, 6.45) is 4.92. The molecule has 4 aromatic rings. The molecule has 1 amide bonds. The van der Waals surface area contributed by atoms with Crippen LogP contribution in [0.1, 0.15) is 31.4 Å². The second kappa shape index (κ2) is 9.77. The average molecular weight is 512 g/mol. The van der Waals surface area contributed by atoms with E-state index in [4.69, 9.17) is 5.11 Å². The van der Waals surface area contributed by atoms with Gasteiger partial charge in [0.2, 0.25) is 0 Å². The number of anilines is 1. The van der Waals surface area contributed by atoms with E-state index >= 15 is 0 Å². The minimum Gasteiger partial charge on any atom is -0.465 e. The van der Waals surface area contributed by atoms with E-state index in [1.54, 1.807) is 17.8 Å². The number of likely N-dealkylation sites (tertiary alicyclic amines) is 1.